The van der Waals surface area contributed by atoms with E-state index >= 15 is 0 Å². The number of nitrogens with zero attached hydrogens (tertiary/aromatic N) is 1. The summed E-state index contributed by atoms with van der Waals surface area (Å²) in [4.78, 5) is 3.81. The zero-order valence-corrected chi connectivity index (χ0v) is 8.05. The van der Waals surface area contributed by atoms with Crippen molar-refractivity contribution in [3.8, 4) is 5.88 Å². The molecule has 1 radical (unpaired) electrons. The second-order valence-electron chi connectivity index (χ2n) is 2.36. The van der Waals surface area contributed by atoms with Gasteiger partial charge in [0.05, 0.1) is 13.4 Å². The highest BCUT2D eigenvalue weighted by Crippen LogP contribution is 2.10. The maximum absolute atomic E-state index is 10.8. The summed E-state index contributed by atoms with van der Waals surface area (Å²) in [5.41, 5.74) is 0. The Balaban J connectivity index is 2.90. The van der Waals surface area contributed by atoms with E-state index in [-0.39, 0.29) is 11.7 Å². The van der Waals surface area contributed by atoms with Crippen LogP contribution in [0.15, 0.2) is 12.1 Å². The van der Waals surface area contributed by atoms with Gasteiger partial charge in [-0.2, -0.15) is 4.98 Å². The predicted molar refractivity (Wildman–Crippen MR) is 48.1 cm³/mol. The quantitative estimate of drug-likeness (QED) is 0.761. The number of methoxy groups -OCH3 is 1. The Labute approximate surface area is 76.8 Å². The summed E-state index contributed by atoms with van der Waals surface area (Å²) < 4.78 is 28.6. The van der Waals surface area contributed by atoms with Gasteiger partial charge in [0.1, 0.15) is 5.82 Å². The monoisotopic (exact) mass is 201 g/mol. The van der Waals surface area contributed by atoms with Crippen LogP contribution in [0.2, 0.25) is 0 Å². The van der Waals surface area contributed by atoms with Gasteiger partial charge in [-0.3, -0.25) is 4.72 Å². The summed E-state index contributed by atoms with van der Waals surface area (Å²) in [5.74, 6) is 0.465. The van der Waals surface area contributed by atoms with Crippen molar-refractivity contribution < 1.29 is 13.2 Å². The van der Waals surface area contributed by atoms with Crippen LogP contribution in [0.5, 0.6) is 5.88 Å². The van der Waals surface area contributed by atoms with Gasteiger partial charge in [0.15, 0.2) is 0 Å². The Morgan fingerprint density at radius 1 is 1.62 bits per heavy atom. The maximum Gasteiger partial charge on any atom is 0.230 e. The molecule has 0 saturated carbocycles. The van der Waals surface area contributed by atoms with Crippen LogP contribution in [0.25, 0.3) is 0 Å². The van der Waals surface area contributed by atoms with Gasteiger partial charge in [-0.1, -0.05) is 0 Å². The molecule has 6 heteroatoms. The third-order valence-electron chi connectivity index (χ3n) is 1.15. The third kappa shape index (κ3) is 3.29. The minimum atomic E-state index is -3.28. The lowest BCUT2D eigenvalue weighted by Crippen LogP contribution is -2.10. The Morgan fingerprint density at radius 2 is 2.31 bits per heavy atom. The Morgan fingerprint density at radius 3 is 2.85 bits per heavy atom. The largest absolute Gasteiger partial charge is 0.480 e. The molecule has 0 spiro atoms. The van der Waals surface area contributed by atoms with Crippen molar-refractivity contribution >= 4 is 15.8 Å². The van der Waals surface area contributed by atoms with Crippen molar-refractivity contribution in [3.05, 3.63) is 18.2 Å². The number of hydrogen-bond donors (Lipinski definition) is 1. The molecule has 0 unspecified atom stereocenters. The Hall–Kier alpha value is -1.30. The van der Waals surface area contributed by atoms with Gasteiger partial charge >= 0.3 is 0 Å². The molecule has 0 aliphatic rings. The molecule has 0 fully saturated rings. The molecule has 0 saturated heterocycles. The van der Waals surface area contributed by atoms with Crippen LogP contribution in [-0.2, 0) is 10.0 Å². The minimum Gasteiger partial charge on any atom is -0.480 e. The van der Waals surface area contributed by atoms with Crippen molar-refractivity contribution in [1.29, 1.82) is 0 Å². The van der Waals surface area contributed by atoms with Crippen molar-refractivity contribution in [3.63, 3.8) is 0 Å². The van der Waals surface area contributed by atoms with Crippen molar-refractivity contribution in [2.75, 3.05) is 18.1 Å². The Kier molecular flexibility index (Phi) is 2.72. The molecule has 71 valence electrons. The topological polar surface area (TPSA) is 68.3 Å². The second kappa shape index (κ2) is 3.61. The van der Waals surface area contributed by atoms with E-state index in [2.05, 4.69) is 15.8 Å². The lowest BCUT2D eigenvalue weighted by molar-refractivity contribution is 0.397. The molecule has 13 heavy (non-hydrogen) atoms. The van der Waals surface area contributed by atoms with E-state index in [9.17, 15) is 8.42 Å². The highest BCUT2D eigenvalue weighted by molar-refractivity contribution is 7.92. The molecule has 0 aliphatic heterocycles. The molecule has 0 atom stereocenters. The van der Waals surface area contributed by atoms with Crippen molar-refractivity contribution in [2.24, 2.45) is 0 Å². The second-order valence-corrected chi connectivity index (χ2v) is 4.11. The smallest absolute Gasteiger partial charge is 0.230 e. The normalized spacial score (nSPS) is 10.9. The molecule has 0 aromatic carbocycles. The van der Waals surface area contributed by atoms with Crippen LogP contribution in [-0.4, -0.2) is 26.8 Å². The van der Waals surface area contributed by atoms with Crippen molar-refractivity contribution in [1.82, 2.24) is 4.98 Å². The van der Waals surface area contributed by atoms with E-state index in [1.807, 2.05) is 0 Å². The molecular formula is C7H9N2O3S. The lowest BCUT2D eigenvalue weighted by atomic mass is 10.5. The van der Waals surface area contributed by atoms with Gasteiger partial charge in [0.2, 0.25) is 15.9 Å². The van der Waals surface area contributed by atoms with Gasteiger partial charge in [0.25, 0.3) is 0 Å². The molecule has 1 aromatic heterocycles. The lowest BCUT2D eigenvalue weighted by Gasteiger charge is -2.03. The van der Waals surface area contributed by atoms with E-state index in [1.54, 1.807) is 0 Å². The number of hydrogen-bond acceptors (Lipinski definition) is 4. The fraction of sp³-hybridized carbons (Fsp3) is 0.286. The van der Waals surface area contributed by atoms with Gasteiger partial charge in [-0.15, -0.1) is 0 Å². The fourth-order valence-electron chi connectivity index (χ4n) is 0.722. The fourth-order valence-corrected chi connectivity index (χ4v) is 1.22. The van der Waals surface area contributed by atoms with Crippen LogP contribution in [0.3, 0.4) is 0 Å². The minimum absolute atomic E-state index is 0.220. The number of pyridine rings is 1. The molecule has 1 N–H and O–H groups in total. The van der Waals surface area contributed by atoms with Crippen LogP contribution in [0.4, 0.5) is 5.82 Å². The van der Waals surface area contributed by atoms with Crippen LogP contribution >= 0.6 is 0 Å². The van der Waals surface area contributed by atoms with Gasteiger partial charge in [-0.05, 0) is 12.1 Å². The zero-order chi connectivity index (χ0) is 9.90. The van der Waals surface area contributed by atoms with E-state index < -0.39 is 10.0 Å². The number of aromatic nitrogens is 1. The van der Waals surface area contributed by atoms with E-state index in [0.29, 0.717) is 0 Å². The number of nitrogens with one attached hydrogen (secondary N) is 1. The molecule has 0 aliphatic carbocycles. The predicted octanol–water partition coefficient (Wildman–Crippen LogP) is 0.262. The summed E-state index contributed by atoms with van der Waals surface area (Å²) in [5, 5.41) is 0. The first kappa shape index (κ1) is 9.79. The third-order valence-corrected chi connectivity index (χ3v) is 1.73. The van der Waals surface area contributed by atoms with Crippen LogP contribution in [0, 0.1) is 6.07 Å². The molecule has 1 aromatic rings. The first-order chi connectivity index (χ1) is 6.01. The van der Waals surface area contributed by atoms with Gasteiger partial charge in [0, 0.05) is 6.07 Å². The zero-order valence-electron chi connectivity index (χ0n) is 7.23. The van der Waals surface area contributed by atoms with Crippen LogP contribution in [0.1, 0.15) is 0 Å². The molecule has 1 heterocycles. The average molecular weight is 201 g/mol. The molecular weight excluding hydrogens is 192 g/mol. The summed E-state index contributed by atoms with van der Waals surface area (Å²) in [7, 11) is -1.85. The van der Waals surface area contributed by atoms with E-state index in [4.69, 9.17) is 4.74 Å². The standard InChI is InChI=1S/C7H9N2O3S/c1-12-7-5-3-4-6(8-7)9-13(2,10)11/h3-4H,1-2H3,(H,8,9). The number of rotatable bonds is 3. The summed E-state index contributed by atoms with van der Waals surface area (Å²) >= 11 is 0. The molecule has 5 nitrogen and oxygen atoms in total. The molecule has 1 rings (SSSR count). The van der Waals surface area contributed by atoms with E-state index in [0.717, 1.165) is 6.26 Å². The van der Waals surface area contributed by atoms with E-state index in [1.165, 1.54) is 19.2 Å². The number of ether oxygens (including phenoxy) is 1. The highest BCUT2D eigenvalue weighted by atomic mass is 32.2. The molecule has 0 amide bonds. The average Bonchev–Trinajstić information content (AvgIpc) is 2.01. The summed E-state index contributed by atoms with van der Waals surface area (Å²) in [6.45, 7) is 0. The molecule has 0 bridgehead atoms. The Bertz CT molecular complexity index is 388. The van der Waals surface area contributed by atoms with Crippen molar-refractivity contribution in [2.45, 2.75) is 0 Å². The first-order valence-electron chi connectivity index (χ1n) is 3.42. The van der Waals surface area contributed by atoms with Gasteiger partial charge in [-0.25, -0.2) is 8.42 Å². The highest BCUT2D eigenvalue weighted by Gasteiger charge is 2.03. The maximum atomic E-state index is 10.8. The summed E-state index contributed by atoms with van der Waals surface area (Å²) in [6, 6.07) is 5.69. The first-order valence-corrected chi connectivity index (χ1v) is 5.31. The number of sulfonamides is 1. The number of anilines is 1. The SMILES string of the molecule is COc1[c]ccc(NS(C)(=O)=O)n1. The van der Waals surface area contributed by atoms with Crippen LogP contribution < -0.4 is 9.46 Å². The van der Waals surface area contributed by atoms with Gasteiger partial charge < -0.3 is 4.74 Å². The summed E-state index contributed by atoms with van der Waals surface area (Å²) in [6.07, 6.45) is 1.05.